The molecule has 1 atom stereocenters. The van der Waals surface area contributed by atoms with E-state index in [-0.39, 0.29) is 5.91 Å². The molecule has 3 rings (SSSR count). The van der Waals surface area contributed by atoms with Crippen molar-refractivity contribution in [1.82, 2.24) is 24.8 Å². The first kappa shape index (κ1) is 19.9. The Balaban J connectivity index is 1.52. The van der Waals surface area contributed by atoms with Crippen LogP contribution in [0, 0.1) is 5.92 Å². The molecule has 3 heterocycles. The van der Waals surface area contributed by atoms with Gasteiger partial charge < -0.3 is 15.1 Å². The number of amides is 1. The molecule has 0 aromatic carbocycles. The van der Waals surface area contributed by atoms with Crippen molar-refractivity contribution in [2.75, 3.05) is 39.0 Å². The summed E-state index contributed by atoms with van der Waals surface area (Å²) in [6.07, 6.45) is 11.9. The number of piperidine rings is 1. The summed E-state index contributed by atoms with van der Waals surface area (Å²) in [4.78, 5) is 29.6. The number of nitrogens with one attached hydrogen (secondary N) is 1. The van der Waals surface area contributed by atoms with E-state index >= 15 is 0 Å². The highest BCUT2D eigenvalue weighted by Crippen LogP contribution is 2.21. The minimum atomic E-state index is 0.104. The fraction of sp³-hybridized carbons (Fsp3) is 0.429. The minimum absolute atomic E-state index is 0.104. The van der Waals surface area contributed by atoms with Crippen LogP contribution in [-0.2, 0) is 11.2 Å². The highest BCUT2D eigenvalue weighted by Gasteiger charge is 2.23. The van der Waals surface area contributed by atoms with Gasteiger partial charge in [0.25, 0.3) is 0 Å². The van der Waals surface area contributed by atoms with E-state index in [1.165, 1.54) is 0 Å². The first-order valence-corrected chi connectivity index (χ1v) is 9.69. The normalized spacial score (nSPS) is 17.2. The molecular weight excluding hydrogens is 352 g/mol. The molecule has 1 N–H and O–H groups in total. The van der Waals surface area contributed by atoms with Gasteiger partial charge in [0.15, 0.2) is 0 Å². The minimum Gasteiger partial charge on any atom is -0.339 e. The molecule has 0 aliphatic carbocycles. The van der Waals surface area contributed by atoms with Gasteiger partial charge in [0.1, 0.15) is 11.6 Å². The molecule has 0 spiro atoms. The molecule has 1 aliphatic heterocycles. The van der Waals surface area contributed by atoms with Crippen LogP contribution in [0.15, 0.2) is 48.9 Å². The van der Waals surface area contributed by atoms with E-state index < -0.39 is 0 Å². The number of nitrogens with zero attached hydrogens (tertiary/aromatic N) is 5. The first-order valence-electron chi connectivity index (χ1n) is 9.69. The van der Waals surface area contributed by atoms with Crippen LogP contribution in [0.25, 0.3) is 0 Å². The Morgan fingerprint density at radius 2 is 2.14 bits per heavy atom. The van der Waals surface area contributed by atoms with Crippen molar-refractivity contribution in [3.8, 4) is 0 Å². The topological polar surface area (TPSA) is 74.2 Å². The van der Waals surface area contributed by atoms with Crippen molar-refractivity contribution in [1.29, 1.82) is 0 Å². The van der Waals surface area contributed by atoms with Crippen LogP contribution in [0.2, 0.25) is 0 Å². The van der Waals surface area contributed by atoms with E-state index in [1.54, 1.807) is 18.5 Å². The zero-order chi connectivity index (χ0) is 19.8. The molecular formula is C21H28N6O. The number of likely N-dealkylation sites (N-methyl/N-ethyl adjacent to an activating group) is 1. The summed E-state index contributed by atoms with van der Waals surface area (Å²) >= 11 is 0. The lowest BCUT2D eigenvalue weighted by Crippen LogP contribution is -2.39. The van der Waals surface area contributed by atoms with Crippen molar-refractivity contribution < 1.29 is 4.79 Å². The number of carbonyl (C=O) groups excluding carboxylic acids is 1. The van der Waals surface area contributed by atoms with Gasteiger partial charge in [-0.15, -0.1) is 0 Å². The Morgan fingerprint density at radius 1 is 1.25 bits per heavy atom. The Hall–Kier alpha value is -2.80. The van der Waals surface area contributed by atoms with Gasteiger partial charge in [0.2, 0.25) is 5.91 Å². The summed E-state index contributed by atoms with van der Waals surface area (Å²) in [5.41, 5.74) is 0.953. The Bertz CT molecular complexity index is 775. The molecule has 7 nitrogen and oxygen atoms in total. The second-order valence-corrected chi connectivity index (χ2v) is 7.39. The Labute approximate surface area is 166 Å². The number of pyridine rings is 1. The highest BCUT2D eigenvalue weighted by molar-refractivity contribution is 5.87. The van der Waals surface area contributed by atoms with Crippen molar-refractivity contribution >= 4 is 17.5 Å². The molecule has 1 saturated heterocycles. The van der Waals surface area contributed by atoms with Crippen molar-refractivity contribution in [2.24, 2.45) is 5.92 Å². The van der Waals surface area contributed by atoms with E-state index in [4.69, 9.17) is 0 Å². The number of likely N-dealkylation sites (tertiary alicyclic amines) is 1. The summed E-state index contributed by atoms with van der Waals surface area (Å²) in [6.45, 7) is 2.39. The van der Waals surface area contributed by atoms with Crippen LogP contribution >= 0.6 is 0 Å². The zero-order valence-electron chi connectivity index (χ0n) is 16.6. The summed E-state index contributed by atoms with van der Waals surface area (Å²) < 4.78 is 0. The van der Waals surface area contributed by atoms with Gasteiger partial charge in [-0.2, -0.15) is 0 Å². The van der Waals surface area contributed by atoms with Crippen LogP contribution < -0.4 is 5.32 Å². The predicted molar refractivity (Wildman–Crippen MR) is 110 cm³/mol. The maximum atomic E-state index is 12.4. The van der Waals surface area contributed by atoms with Gasteiger partial charge in [-0.25, -0.2) is 9.97 Å². The molecule has 28 heavy (non-hydrogen) atoms. The molecule has 7 heteroatoms. The Kier molecular flexibility index (Phi) is 7.08. The fourth-order valence-electron chi connectivity index (χ4n) is 3.29. The summed E-state index contributed by atoms with van der Waals surface area (Å²) in [6, 6.07) is 5.68. The molecule has 148 valence electrons. The lowest BCUT2D eigenvalue weighted by molar-refractivity contribution is -0.127. The molecule has 1 fully saturated rings. The van der Waals surface area contributed by atoms with Crippen molar-refractivity contribution in [3.63, 3.8) is 0 Å². The van der Waals surface area contributed by atoms with Crippen LogP contribution in [0.5, 0.6) is 0 Å². The van der Waals surface area contributed by atoms with E-state index in [9.17, 15) is 4.79 Å². The van der Waals surface area contributed by atoms with Gasteiger partial charge in [-0.3, -0.25) is 9.78 Å². The van der Waals surface area contributed by atoms with Crippen molar-refractivity contribution in [2.45, 2.75) is 19.3 Å². The quantitative estimate of drug-likeness (QED) is 0.744. The van der Waals surface area contributed by atoms with Gasteiger partial charge in [0, 0.05) is 31.9 Å². The predicted octanol–water partition coefficient (Wildman–Crippen LogP) is 2.51. The van der Waals surface area contributed by atoms with Gasteiger partial charge >= 0.3 is 0 Å². The number of carbonyl (C=O) groups is 1. The third kappa shape index (κ3) is 6.13. The van der Waals surface area contributed by atoms with Gasteiger partial charge in [-0.05, 0) is 51.4 Å². The van der Waals surface area contributed by atoms with Gasteiger partial charge in [-0.1, -0.05) is 12.1 Å². The molecule has 1 aliphatic rings. The molecule has 0 radical (unpaired) electrons. The largest absolute Gasteiger partial charge is 0.339 e. The van der Waals surface area contributed by atoms with E-state index in [0.29, 0.717) is 11.7 Å². The van der Waals surface area contributed by atoms with Crippen molar-refractivity contribution in [3.05, 3.63) is 54.6 Å². The first-order chi connectivity index (χ1) is 13.6. The van der Waals surface area contributed by atoms with E-state index in [2.05, 4.69) is 20.3 Å². The van der Waals surface area contributed by atoms with Crippen LogP contribution in [0.4, 0.5) is 11.6 Å². The maximum Gasteiger partial charge on any atom is 0.246 e. The number of hydrogen-bond donors (Lipinski definition) is 1. The molecule has 0 saturated carbocycles. The van der Waals surface area contributed by atoms with Gasteiger partial charge in [0.05, 0.1) is 18.1 Å². The van der Waals surface area contributed by atoms with Crippen LogP contribution in [0.1, 0.15) is 18.5 Å². The van der Waals surface area contributed by atoms with E-state index in [1.807, 2.05) is 54.4 Å². The number of rotatable bonds is 7. The molecule has 0 bridgehead atoms. The molecule has 2 aromatic heterocycles. The summed E-state index contributed by atoms with van der Waals surface area (Å²) in [7, 11) is 3.98. The highest BCUT2D eigenvalue weighted by atomic mass is 16.2. The molecule has 2 aromatic rings. The molecule has 1 amide bonds. The smallest absolute Gasteiger partial charge is 0.246 e. The lowest BCUT2D eigenvalue weighted by atomic mass is 9.93. The third-order valence-corrected chi connectivity index (χ3v) is 4.69. The Morgan fingerprint density at radius 3 is 2.86 bits per heavy atom. The summed E-state index contributed by atoms with van der Waals surface area (Å²) in [5.74, 6) is 1.94. The van der Waals surface area contributed by atoms with Crippen LogP contribution in [-0.4, -0.2) is 64.4 Å². The summed E-state index contributed by atoms with van der Waals surface area (Å²) in [5, 5.41) is 3.14. The monoisotopic (exact) mass is 380 g/mol. The van der Waals surface area contributed by atoms with Crippen LogP contribution in [0.3, 0.4) is 0 Å². The average Bonchev–Trinajstić information content (AvgIpc) is 2.70. The fourth-order valence-corrected chi connectivity index (χ4v) is 3.29. The maximum absolute atomic E-state index is 12.4. The lowest BCUT2D eigenvalue weighted by Gasteiger charge is -2.32. The zero-order valence-corrected chi connectivity index (χ0v) is 16.6. The second kappa shape index (κ2) is 9.94. The SMILES string of the molecule is CN(C)C/C=C/C(=O)N1CCCC(Cc2cnc(Nc3ccccn3)cn2)C1. The number of anilines is 2. The third-order valence-electron chi connectivity index (χ3n) is 4.69. The van der Waals surface area contributed by atoms with E-state index in [0.717, 1.165) is 50.4 Å². The second-order valence-electron chi connectivity index (χ2n) is 7.39. The average molecular weight is 380 g/mol. The number of aromatic nitrogens is 3. The standard InChI is InChI=1S/C21H28N6O/c1-26(2)11-6-9-21(28)27-12-5-7-17(16-27)13-18-14-24-20(15-23-18)25-19-8-3-4-10-22-19/h3-4,6,8-10,14-15,17H,5,7,11-13,16H2,1-2H3,(H,22,24,25)/b9-6+. The number of hydrogen-bond acceptors (Lipinski definition) is 6. The molecule has 1 unspecified atom stereocenters.